The fourth-order valence-electron chi connectivity index (χ4n) is 4.11. The van der Waals surface area contributed by atoms with E-state index in [9.17, 15) is 4.79 Å². The van der Waals surface area contributed by atoms with Crippen LogP contribution in [0.5, 0.6) is 0 Å². The zero-order valence-corrected chi connectivity index (χ0v) is 17.3. The molecule has 0 aliphatic carbocycles. The van der Waals surface area contributed by atoms with Crippen molar-refractivity contribution >= 4 is 5.91 Å². The van der Waals surface area contributed by atoms with Crippen molar-refractivity contribution in [1.29, 1.82) is 0 Å². The molecule has 0 radical (unpaired) electrons. The molecule has 2 aromatic carbocycles. The van der Waals surface area contributed by atoms with E-state index in [0.717, 1.165) is 37.9 Å². The van der Waals surface area contributed by atoms with E-state index in [0.29, 0.717) is 18.3 Å². The number of benzene rings is 2. The SMILES string of the molecule is Cc1noc(C2CCCN(CC(=O)NC(Cc3ccccc3)c3ccccc3)C2)n1. The number of nitrogens with one attached hydrogen (secondary N) is 1. The fraction of sp³-hybridized carbons (Fsp3) is 0.375. The molecule has 1 aliphatic rings. The van der Waals surface area contributed by atoms with Crippen molar-refractivity contribution in [3.8, 4) is 0 Å². The second-order valence-corrected chi connectivity index (χ2v) is 7.97. The maximum absolute atomic E-state index is 12.9. The summed E-state index contributed by atoms with van der Waals surface area (Å²) in [6.07, 6.45) is 2.80. The number of likely N-dealkylation sites (tertiary alicyclic amines) is 1. The molecule has 2 unspecified atom stereocenters. The summed E-state index contributed by atoms with van der Waals surface area (Å²) in [5.74, 6) is 1.58. The maximum Gasteiger partial charge on any atom is 0.234 e. The minimum atomic E-state index is -0.0553. The summed E-state index contributed by atoms with van der Waals surface area (Å²) in [6, 6.07) is 20.4. The van der Waals surface area contributed by atoms with Crippen molar-refractivity contribution in [1.82, 2.24) is 20.4 Å². The highest BCUT2D eigenvalue weighted by Crippen LogP contribution is 2.25. The molecule has 30 heavy (non-hydrogen) atoms. The number of amides is 1. The first-order valence-corrected chi connectivity index (χ1v) is 10.6. The Bertz CT molecular complexity index is 942. The molecule has 1 fully saturated rings. The van der Waals surface area contributed by atoms with E-state index >= 15 is 0 Å². The third-order valence-electron chi connectivity index (χ3n) is 5.59. The van der Waals surface area contributed by atoms with Crippen molar-refractivity contribution in [3.63, 3.8) is 0 Å². The molecule has 0 saturated carbocycles. The summed E-state index contributed by atoms with van der Waals surface area (Å²) in [5.41, 5.74) is 2.32. The van der Waals surface area contributed by atoms with Crippen LogP contribution in [-0.2, 0) is 11.2 Å². The van der Waals surface area contributed by atoms with Gasteiger partial charge in [-0.25, -0.2) is 0 Å². The van der Waals surface area contributed by atoms with Gasteiger partial charge >= 0.3 is 0 Å². The Morgan fingerprint density at radius 3 is 2.60 bits per heavy atom. The van der Waals surface area contributed by atoms with E-state index in [-0.39, 0.29) is 17.9 Å². The maximum atomic E-state index is 12.9. The van der Waals surface area contributed by atoms with Gasteiger partial charge in [0.05, 0.1) is 18.5 Å². The first-order chi connectivity index (χ1) is 14.7. The number of aromatic nitrogens is 2. The lowest BCUT2D eigenvalue weighted by Gasteiger charge is -2.31. The van der Waals surface area contributed by atoms with E-state index in [1.165, 1.54) is 5.56 Å². The zero-order chi connectivity index (χ0) is 20.8. The minimum Gasteiger partial charge on any atom is -0.348 e. The number of hydrogen-bond donors (Lipinski definition) is 1. The highest BCUT2D eigenvalue weighted by molar-refractivity contribution is 5.78. The molecule has 2 atom stereocenters. The molecule has 1 amide bonds. The van der Waals surface area contributed by atoms with Gasteiger partial charge in [-0.2, -0.15) is 4.98 Å². The van der Waals surface area contributed by atoms with E-state index < -0.39 is 0 Å². The van der Waals surface area contributed by atoms with Gasteiger partial charge in [0.15, 0.2) is 5.82 Å². The summed E-state index contributed by atoms with van der Waals surface area (Å²) in [6.45, 7) is 3.88. The lowest BCUT2D eigenvalue weighted by Crippen LogP contribution is -2.43. The highest BCUT2D eigenvalue weighted by Gasteiger charge is 2.27. The Morgan fingerprint density at radius 2 is 1.90 bits per heavy atom. The van der Waals surface area contributed by atoms with E-state index in [4.69, 9.17) is 4.52 Å². The largest absolute Gasteiger partial charge is 0.348 e. The summed E-state index contributed by atoms with van der Waals surface area (Å²) in [4.78, 5) is 19.5. The van der Waals surface area contributed by atoms with Gasteiger partial charge in [0.1, 0.15) is 0 Å². The number of carbonyl (C=O) groups excluding carboxylic acids is 1. The summed E-state index contributed by atoms with van der Waals surface area (Å²) < 4.78 is 5.36. The minimum absolute atomic E-state index is 0.0437. The third kappa shape index (κ3) is 5.33. The predicted octanol–water partition coefficient (Wildman–Crippen LogP) is 3.66. The molecule has 1 saturated heterocycles. The van der Waals surface area contributed by atoms with Crippen LogP contribution >= 0.6 is 0 Å². The number of rotatable bonds is 7. The Morgan fingerprint density at radius 1 is 1.17 bits per heavy atom. The van der Waals surface area contributed by atoms with Crippen LogP contribution in [0.3, 0.4) is 0 Å². The molecule has 4 rings (SSSR count). The molecule has 2 heterocycles. The van der Waals surface area contributed by atoms with Crippen LogP contribution in [0.25, 0.3) is 0 Å². The topological polar surface area (TPSA) is 71.3 Å². The van der Waals surface area contributed by atoms with Crippen LogP contribution in [0.2, 0.25) is 0 Å². The van der Waals surface area contributed by atoms with Gasteiger partial charge in [-0.15, -0.1) is 0 Å². The van der Waals surface area contributed by atoms with Gasteiger partial charge < -0.3 is 9.84 Å². The lowest BCUT2D eigenvalue weighted by molar-refractivity contribution is -0.123. The number of piperidine rings is 1. The Labute approximate surface area is 177 Å². The fourth-order valence-corrected chi connectivity index (χ4v) is 4.11. The predicted molar refractivity (Wildman–Crippen MR) is 115 cm³/mol. The second kappa shape index (κ2) is 9.67. The van der Waals surface area contributed by atoms with Gasteiger partial charge in [0.2, 0.25) is 11.8 Å². The van der Waals surface area contributed by atoms with Gasteiger partial charge in [0.25, 0.3) is 0 Å². The smallest absolute Gasteiger partial charge is 0.234 e. The number of nitrogens with zero attached hydrogens (tertiary/aromatic N) is 3. The van der Waals surface area contributed by atoms with E-state index in [1.807, 2.05) is 43.3 Å². The summed E-state index contributed by atoms with van der Waals surface area (Å²) >= 11 is 0. The molecular weight excluding hydrogens is 376 g/mol. The number of aryl methyl sites for hydroxylation is 1. The van der Waals surface area contributed by atoms with Crippen molar-refractivity contribution in [3.05, 3.63) is 83.5 Å². The molecular formula is C24H28N4O2. The second-order valence-electron chi connectivity index (χ2n) is 7.97. The Hall–Kier alpha value is -2.99. The summed E-state index contributed by atoms with van der Waals surface area (Å²) in [5, 5.41) is 7.16. The first-order valence-electron chi connectivity index (χ1n) is 10.6. The Balaban J connectivity index is 1.39. The highest BCUT2D eigenvalue weighted by atomic mass is 16.5. The monoisotopic (exact) mass is 404 g/mol. The molecule has 1 aromatic heterocycles. The van der Waals surface area contributed by atoms with Gasteiger partial charge in [-0.05, 0) is 43.9 Å². The normalized spacial score (nSPS) is 18.1. The van der Waals surface area contributed by atoms with Crippen LogP contribution in [0, 0.1) is 6.92 Å². The molecule has 6 heteroatoms. The van der Waals surface area contributed by atoms with Gasteiger partial charge in [-0.3, -0.25) is 9.69 Å². The Kier molecular flexibility index (Phi) is 6.54. The molecule has 0 spiro atoms. The van der Waals surface area contributed by atoms with Crippen LogP contribution in [0.1, 0.15) is 47.6 Å². The molecule has 156 valence electrons. The third-order valence-corrected chi connectivity index (χ3v) is 5.59. The van der Waals surface area contributed by atoms with Crippen LogP contribution < -0.4 is 5.32 Å². The molecule has 0 bridgehead atoms. The quantitative estimate of drug-likeness (QED) is 0.651. The first kappa shape index (κ1) is 20.3. The molecule has 3 aromatic rings. The average molecular weight is 405 g/mol. The van der Waals surface area contributed by atoms with Crippen LogP contribution in [0.15, 0.2) is 65.2 Å². The molecule has 6 nitrogen and oxygen atoms in total. The van der Waals surface area contributed by atoms with E-state index in [2.05, 4.69) is 44.6 Å². The van der Waals surface area contributed by atoms with Gasteiger partial charge in [-0.1, -0.05) is 65.8 Å². The number of hydrogen-bond acceptors (Lipinski definition) is 5. The van der Waals surface area contributed by atoms with E-state index in [1.54, 1.807) is 0 Å². The average Bonchev–Trinajstić information content (AvgIpc) is 3.21. The van der Waals surface area contributed by atoms with Crippen molar-refractivity contribution in [2.24, 2.45) is 0 Å². The molecule has 1 N–H and O–H groups in total. The van der Waals surface area contributed by atoms with Crippen molar-refractivity contribution in [2.75, 3.05) is 19.6 Å². The van der Waals surface area contributed by atoms with Crippen LogP contribution in [-0.4, -0.2) is 40.6 Å². The summed E-state index contributed by atoms with van der Waals surface area (Å²) in [7, 11) is 0. The standard InChI is InChI=1S/C24H28N4O2/c1-18-25-24(30-27-18)21-13-8-14-28(16-21)17-23(29)26-22(20-11-6-3-7-12-20)15-19-9-4-2-5-10-19/h2-7,9-12,21-22H,8,13-17H2,1H3,(H,26,29). The number of carbonyl (C=O) groups is 1. The molecule has 1 aliphatic heterocycles. The van der Waals surface area contributed by atoms with Crippen molar-refractivity contribution in [2.45, 2.75) is 38.1 Å². The lowest BCUT2D eigenvalue weighted by atomic mass is 9.97. The zero-order valence-electron chi connectivity index (χ0n) is 17.3. The van der Waals surface area contributed by atoms with Gasteiger partial charge in [0, 0.05) is 6.54 Å². The van der Waals surface area contributed by atoms with Crippen molar-refractivity contribution < 1.29 is 9.32 Å². The van der Waals surface area contributed by atoms with Crippen LogP contribution in [0.4, 0.5) is 0 Å².